The Hall–Kier alpha value is -2.62. The van der Waals surface area contributed by atoms with E-state index in [-0.39, 0.29) is 5.91 Å². The highest BCUT2D eigenvalue weighted by atomic mass is 16.1. The number of carbonyl (C=O) groups is 1. The van der Waals surface area contributed by atoms with Crippen LogP contribution in [0.15, 0.2) is 48.8 Å². The number of rotatable bonds is 2. The summed E-state index contributed by atoms with van der Waals surface area (Å²) in [7, 11) is 0. The van der Waals surface area contributed by atoms with E-state index in [1.165, 1.54) is 0 Å². The molecule has 0 unspecified atom stereocenters. The molecule has 0 saturated carbocycles. The zero-order chi connectivity index (χ0) is 13.2. The molecule has 0 saturated heterocycles. The minimum absolute atomic E-state index is 0.148. The number of aryl methyl sites for hydroxylation is 1. The molecule has 0 aliphatic carbocycles. The smallest absolute Gasteiger partial charge is 0.272 e. The number of amides is 1. The van der Waals surface area contributed by atoms with Crippen LogP contribution in [0.25, 0.3) is 10.9 Å². The Bertz CT molecular complexity index is 713. The maximum Gasteiger partial charge on any atom is 0.272 e. The van der Waals surface area contributed by atoms with Gasteiger partial charge < -0.3 is 10.3 Å². The molecule has 4 heteroatoms. The Balaban J connectivity index is 1.90. The van der Waals surface area contributed by atoms with E-state index in [0.717, 1.165) is 22.2 Å². The van der Waals surface area contributed by atoms with Gasteiger partial charge in [-0.15, -0.1) is 0 Å². The molecule has 2 aromatic heterocycles. The van der Waals surface area contributed by atoms with Crippen molar-refractivity contribution in [2.24, 2.45) is 0 Å². The van der Waals surface area contributed by atoms with Gasteiger partial charge in [-0.25, -0.2) is 0 Å². The number of hydrogen-bond acceptors (Lipinski definition) is 2. The summed E-state index contributed by atoms with van der Waals surface area (Å²) >= 11 is 0. The third-order valence-electron chi connectivity index (χ3n) is 3.04. The van der Waals surface area contributed by atoms with Crippen molar-refractivity contribution in [2.75, 3.05) is 5.32 Å². The van der Waals surface area contributed by atoms with Crippen LogP contribution in [0.3, 0.4) is 0 Å². The maximum atomic E-state index is 12.2. The van der Waals surface area contributed by atoms with Gasteiger partial charge in [0.2, 0.25) is 0 Å². The lowest BCUT2D eigenvalue weighted by molar-refractivity contribution is 0.102. The number of H-pyrrole nitrogens is 1. The molecular weight excluding hydrogens is 238 g/mol. The Morgan fingerprint density at radius 1 is 1.26 bits per heavy atom. The van der Waals surface area contributed by atoms with E-state index >= 15 is 0 Å². The average molecular weight is 251 g/mol. The van der Waals surface area contributed by atoms with Crippen LogP contribution in [0.4, 0.5) is 5.69 Å². The highest BCUT2D eigenvalue weighted by Crippen LogP contribution is 2.17. The second kappa shape index (κ2) is 4.57. The van der Waals surface area contributed by atoms with E-state index < -0.39 is 0 Å². The molecule has 2 N–H and O–H groups in total. The topological polar surface area (TPSA) is 57.8 Å². The van der Waals surface area contributed by atoms with Crippen molar-refractivity contribution in [3.05, 3.63) is 60.0 Å². The molecule has 94 valence electrons. The van der Waals surface area contributed by atoms with Crippen LogP contribution in [0.1, 0.15) is 16.1 Å². The van der Waals surface area contributed by atoms with Crippen LogP contribution >= 0.6 is 0 Å². The Morgan fingerprint density at radius 2 is 2.11 bits per heavy atom. The number of nitrogens with zero attached hydrogens (tertiary/aromatic N) is 1. The van der Waals surface area contributed by atoms with Crippen molar-refractivity contribution in [2.45, 2.75) is 6.92 Å². The monoisotopic (exact) mass is 251 g/mol. The molecule has 19 heavy (non-hydrogen) atoms. The van der Waals surface area contributed by atoms with Gasteiger partial charge >= 0.3 is 0 Å². The molecule has 0 radical (unpaired) electrons. The number of fused-ring (bicyclic) bond motifs is 1. The summed E-state index contributed by atoms with van der Waals surface area (Å²) in [5.74, 6) is -0.148. The third kappa shape index (κ3) is 2.20. The minimum atomic E-state index is -0.148. The number of para-hydroxylation sites is 1. The molecule has 2 heterocycles. The zero-order valence-electron chi connectivity index (χ0n) is 10.5. The first-order valence-electron chi connectivity index (χ1n) is 6.04. The van der Waals surface area contributed by atoms with E-state index in [1.807, 2.05) is 37.3 Å². The largest absolute Gasteiger partial charge is 0.351 e. The summed E-state index contributed by atoms with van der Waals surface area (Å²) in [6.45, 7) is 1.91. The number of pyridine rings is 1. The fourth-order valence-corrected chi connectivity index (χ4v) is 2.00. The fraction of sp³-hybridized carbons (Fsp3) is 0.0667. The lowest BCUT2D eigenvalue weighted by Gasteiger charge is -2.05. The van der Waals surface area contributed by atoms with Crippen molar-refractivity contribution >= 4 is 22.5 Å². The molecule has 3 aromatic rings. The molecule has 4 nitrogen and oxygen atoms in total. The summed E-state index contributed by atoms with van der Waals surface area (Å²) in [5.41, 5.74) is 3.22. The van der Waals surface area contributed by atoms with Crippen LogP contribution in [0, 0.1) is 6.92 Å². The van der Waals surface area contributed by atoms with Crippen molar-refractivity contribution < 1.29 is 4.79 Å². The lowest BCUT2D eigenvalue weighted by atomic mass is 10.2. The second-order valence-electron chi connectivity index (χ2n) is 4.41. The van der Waals surface area contributed by atoms with Crippen molar-refractivity contribution in [3.8, 4) is 0 Å². The second-order valence-corrected chi connectivity index (χ2v) is 4.41. The van der Waals surface area contributed by atoms with Crippen molar-refractivity contribution in [1.29, 1.82) is 0 Å². The molecule has 3 rings (SSSR count). The van der Waals surface area contributed by atoms with Crippen LogP contribution in [-0.4, -0.2) is 15.9 Å². The van der Waals surface area contributed by atoms with Crippen LogP contribution in [0.2, 0.25) is 0 Å². The number of nitrogens with one attached hydrogen (secondary N) is 2. The van der Waals surface area contributed by atoms with Gasteiger partial charge in [0.15, 0.2) is 0 Å². The fourth-order valence-electron chi connectivity index (χ4n) is 2.00. The van der Waals surface area contributed by atoms with Gasteiger partial charge in [0.1, 0.15) is 5.69 Å². The Morgan fingerprint density at radius 3 is 2.89 bits per heavy atom. The molecule has 0 atom stereocenters. The summed E-state index contributed by atoms with van der Waals surface area (Å²) in [5, 5.41) is 3.90. The molecule has 0 fully saturated rings. The van der Waals surface area contributed by atoms with Crippen LogP contribution < -0.4 is 5.32 Å². The van der Waals surface area contributed by atoms with Crippen molar-refractivity contribution in [3.63, 3.8) is 0 Å². The van der Waals surface area contributed by atoms with E-state index in [4.69, 9.17) is 0 Å². The number of benzene rings is 1. The van der Waals surface area contributed by atoms with E-state index in [2.05, 4.69) is 15.3 Å². The number of aromatic nitrogens is 2. The molecule has 0 aliphatic heterocycles. The standard InChI is InChI=1S/C15H13N3O/c1-10-9-16-7-6-12(10)18-15(19)14-8-11-4-2-3-5-13(11)17-14/h2-9,17H,1H3,(H,16,18,19). The van der Waals surface area contributed by atoms with Gasteiger partial charge in [0, 0.05) is 29.0 Å². The van der Waals surface area contributed by atoms with Gasteiger partial charge in [-0.1, -0.05) is 18.2 Å². The predicted molar refractivity (Wildman–Crippen MR) is 75.2 cm³/mol. The maximum absolute atomic E-state index is 12.2. The van der Waals surface area contributed by atoms with Gasteiger partial charge in [-0.2, -0.15) is 0 Å². The summed E-state index contributed by atoms with van der Waals surface area (Å²) in [6.07, 6.45) is 3.38. The highest BCUT2D eigenvalue weighted by Gasteiger charge is 2.10. The molecule has 0 aliphatic rings. The quantitative estimate of drug-likeness (QED) is 0.735. The lowest BCUT2D eigenvalue weighted by Crippen LogP contribution is -2.13. The Labute approximate surface area is 110 Å². The molecule has 0 spiro atoms. The molecule has 1 amide bonds. The minimum Gasteiger partial charge on any atom is -0.351 e. The number of carbonyl (C=O) groups excluding carboxylic acids is 1. The number of aromatic amines is 1. The number of anilines is 1. The van der Waals surface area contributed by atoms with E-state index in [9.17, 15) is 4.79 Å². The average Bonchev–Trinajstić information content (AvgIpc) is 2.85. The first-order valence-corrected chi connectivity index (χ1v) is 6.04. The number of hydrogen-bond donors (Lipinski definition) is 2. The SMILES string of the molecule is Cc1cnccc1NC(=O)c1cc2ccccc2[nH]1. The summed E-state index contributed by atoms with van der Waals surface area (Å²) < 4.78 is 0. The molecule has 1 aromatic carbocycles. The Kier molecular flexibility index (Phi) is 2.76. The summed E-state index contributed by atoms with van der Waals surface area (Å²) in [4.78, 5) is 19.3. The van der Waals surface area contributed by atoms with E-state index in [1.54, 1.807) is 18.5 Å². The molecule has 0 bridgehead atoms. The van der Waals surface area contributed by atoms with Gasteiger partial charge in [-0.3, -0.25) is 9.78 Å². The summed E-state index contributed by atoms with van der Waals surface area (Å²) in [6, 6.07) is 11.4. The third-order valence-corrected chi connectivity index (χ3v) is 3.04. The van der Waals surface area contributed by atoms with Crippen LogP contribution in [-0.2, 0) is 0 Å². The van der Waals surface area contributed by atoms with Gasteiger partial charge in [0.25, 0.3) is 5.91 Å². The predicted octanol–water partition coefficient (Wildman–Crippen LogP) is 3.12. The van der Waals surface area contributed by atoms with Gasteiger partial charge in [-0.05, 0) is 30.7 Å². The normalized spacial score (nSPS) is 10.6. The highest BCUT2D eigenvalue weighted by molar-refractivity contribution is 6.06. The van der Waals surface area contributed by atoms with Crippen LogP contribution in [0.5, 0.6) is 0 Å². The van der Waals surface area contributed by atoms with Gasteiger partial charge in [0.05, 0.1) is 0 Å². The van der Waals surface area contributed by atoms with Crippen molar-refractivity contribution in [1.82, 2.24) is 9.97 Å². The first-order chi connectivity index (χ1) is 9.24. The first kappa shape index (κ1) is 11.5. The van der Waals surface area contributed by atoms with E-state index in [0.29, 0.717) is 5.69 Å². The zero-order valence-corrected chi connectivity index (χ0v) is 10.5. The molecular formula is C15H13N3O.